The van der Waals surface area contributed by atoms with Crippen molar-refractivity contribution < 1.29 is 171 Å². The first-order valence-electron chi connectivity index (χ1n) is 1.33. The van der Waals surface area contributed by atoms with Gasteiger partial charge in [-0.15, -0.1) is 0 Å². The monoisotopic (exact) mass is 646 g/mol. The summed E-state index contributed by atoms with van der Waals surface area (Å²) >= 11 is -11.5. The number of rotatable bonds is 0. The minimum absolute atomic E-state index is 0. The number of hydrogen-bond acceptors (Lipinski definition) is 8. The second-order valence-electron chi connectivity index (χ2n) is 0.816. The summed E-state index contributed by atoms with van der Waals surface area (Å²) in [6.45, 7) is 0. The van der Waals surface area contributed by atoms with E-state index in [-0.39, 0.29) is 134 Å². The van der Waals surface area contributed by atoms with Crippen LogP contribution < -0.4 is 16.6 Å². The molecule has 0 fully saturated rings. The van der Waals surface area contributed by atoms with E-state index in [1.54, 1.807) is 0 Å². The Morgan fingerprint density at radius 2 is 0.400 bits per heavy atom. The van der Waals surface area contributed by atoms with Gasteiger partial charge in [0.2, 0.25) is 0 Å². The maximum absolute atomic E-state index is 8.59. The normalized spacial score (nSPS) is 4.64. The van der Waals surface area contributed by atoms with Crippen LogP contribution in [0.5, 0.6) is 0 Å². The molecule has 0 aliphatic carbocycles. The van der Waals surface area contributed by atoms with Gasteiger partial charge in [-0.2, -0.15) is 0 Å². The van der Waals surface area contributed by atoms with E-state index in [2.05, 4.69) is 0 Å². The molecule has 0 bridgehead atoms. The molecule has 0 amide bonds. The van der Waals surface area contributed by atoms with E-state index < -0.39 is 27.2 Å². The van der Waals surface area contributed by atoms with Crippen LogP contribution in [0.15, 0.2) is 0 Å². The third-order valence-corrected chi connectivity index (χ3v) is 0. The molecule has 0 spiro atoms. The first-order valence-corrected chi connectivity index (χ1v) is 5.50. The molecule has 16 N–H and O–H groups in total. The molecule has 22 heteroatoms. The Kier molecular flexibility index (Phi) is 615. The standard InChI is InChI=1S/CH4.2CH3.2Cr.4Fe.8H2O.8O/h1H4;2*1H3;;;;;;;8*1H2;;;;;;;;/q;2*-1;;;;;;;;;;;;;;;;;;;4*-1. The van der Waals surface area contributed by atoms with Crippen molar-refractivity contribution >= 4 is 0 Å². The Labute approximate surface area is 192 Å². The molecule has 0 aliphatic heterocycles. The summed E-state index contributed by atoms with van der Waals surface area (Å²) in [4.78, 5) is 0. The van der Waals surface area contributed by atoms with Crippen molar-refractivity contribution in [2.24, 2.45) is 0 Å². The first kappa shape index (κ1) is 185. The van der Waals surface area contributed by atoms with E-state index in [1.165, 1.54) is 0 Å². The molecule has 0 aromatic rings. The van der Waals surface area contributed by atoms with Gasteiger partial charge in [0, 0.05) is 68.3 Å². The van der Waals surface area contributed by atoms with Gasteiger partial charge in [0.15, 0.2) is 0 Å². The molecule has 0 unspecified atom stereocenters. The van der Waals surface area contributed by atoms with E-state index >= 15 is 0 Å². The third kappa shape index (κ3) is 4240. The SMILES string of the molecule is C.O.O.O.O.O.O.O.O.[CH3-].[CH3-].[Fe].[Fe].[Fe].[Fe].[O]=[Cr](=[O])([O-])[O-].[O]=[Cr](=[O])([O-])[O-]. The fourth-order valence-electron chi connectivity index (χ4n) is 0. The van der Waals surface area contributed by atoms with Crippen molar-refractivity contribution in [1.29, 1.82) is 0 Å². The molecule has 0 heterocycles. The van der Waals surface area contributed by atoms with Crippen molar-refractivity contribution in [3.8, 4) is 0 Å². The predicted octanol–water partition coefficient (Wildman–Crippen LogP) is -10.3. The summed E-state index contributed by atoms with van der Waals surface area (Å²) in [7, 11) is 0. The number of hydrogen-bond donors (Lipinski definition) is 0. The van der Waals surface area contributed by atoms with Crippen LogP contribution in [0.25, 0.3) is 0 Å². The maximum atomic E-state index is 8.59. The molecule has 184 valence electrons. The summed E-state index contributed by atoms with van der Waals surface area (Å²) in [6.07, 6.45) is 0. The molecule has 25 heavy (non-hydrogen) atoms. The Morgan fingerprint density at radius 3 is 0.400 bits per heavy atom. The molecule has 0 rings (SSSR count). The van der Waals surface area contributed by atoms with Crippen LogP contribution in [0.2, 0.25) is 0 Å². The zero-order valence-electron chi connectivity index (χ0n) is 11.5. The second kappa shape index (κ2) is 83.2. The van der Waals surface area contributed by atoms with Gasteiger partial charge >= 0.3 is 59.1 Å². The molecule has 16 nitrogen and oxygen atoms in total. The molecular weight excluding hydrogens is 619 g/mol. The molecule has 0 atom stereocenters. The molecule has 0 aromatic heterocycles. The molecule has 0 radical (unpaired) electrons. The average molecular weight is 646 g/mol. The molecule has 0 saturated heterocycles. The van der Waals surface area contributed by atoms with Gasteiger partial charge in [0.1, 0.15) is 0 Å². The van der Waals surface area contributed by atoms with E-state index in [0.717, 1.165) is 0 Å². The third-order valence-electron chi connectivity index (χ3n) is 0. The van der Waals surface area contributed by atoms with Crippen LogP contribution in [0.4, 0.5) is 0 Å². The van der Waals surface area contributed by atoms with Crippen molar-refractivity contribution in [3.63, 3.8) is 0 Å². The van der Waals surface area contributed by atoms with Crippen LogP contribution in [0.3, 0.4) is 0 Å². The average Bonchev–Trinajstić information content (AvgIpc) is 1.12. The van der Waals surface area contributed by atoms with Crippen molar-refractivity contribution in [2.45, 2.75) is 7.43 Å². The summed E-state index contributed by atoms with van der Waals surface area (Å²) in [5, 5.41) is 0. The summed E-state index contributed by atoms with van der Waals surface area (Å²) < 4.78 is 68.8. The summed E-state index contributed by atoms with van der Waals surface area (Å²) in [6, 6.07) is 0. The van der Waals surface area contributed by atoms with Crippen LogP contribution in [-0.2, 0) is 111 Å². The topological polar surface area (TPSA) is 413 Å². The van der Waals surface area contributed by atoms with Crippen LogP contribution in [0, 0.1) is 14.9 Å². The Morgan fingerprint density at radius 1 is 0.400 bits per heavy atom. The fourth-order valence-corrected chi connectivity index (χ4v) is 0. The quantitative estimate of drug-likeness (QED) is 0.179. The predicted molar refractivity (Wildman–Crippen MR) is 51.2 cm³/mol. The van der Waals surface area contributed by atoms with E-state index in [0.29, 0.717) is 0 Å². The van der Waals surface area contributed by atoms with Gasteiger partial charge in [0.05, 0.1) is 0 Å². The van der Waals surface area contributed by atoms with Crippen molar-refractivity contribution in [1.82, 2.24) is 0 Å². The van der Waals surface area contributed by atoms with Gasteiger partial charge < -0.3 is 58.7 Å². The van der Waals surface area contributed by atoms with E-state index in [1.807, 2.05) is 0 Å². The summed E-state index contributed by atoms with van der Waals surface area (Å²) in [5.41, 5.74) is 0. The Balaban J connectivity index is -0.00000000213. The van der Waals surface area contributed by atoms with Crippen LogP contribution in [-0.4, -0.2) is 43.8 Å². The van der Waals surface area contributed by atoms with E-state index in [9.17, 15) is 0 Å². The van der Waals surface area contributed by atoms with Gasteiger partial charge in [-0.3, -0.25) is 0 Å². The molecule has 0 aromatic carbocycles. The first-order chi connectivity index (χ1) is 4.00. The van der Waals surface area contributed by atoms with Gasteiger partial charge in [-0.05, 0) is 0 Å². The van der Waals surface area contributed by atoms with Gasteiger partial charge in [0.25, 0.3) is 0 Å². The Bertz CT molecular complexity index is 234. The van der Waals surface area contributed by atoms with Gasteiger partial charge in [-0.1, -0.05) is 7.43 Å². The van der Waals surface area contributed by atoms with Crippen LogP contribution >= 0.6 is 0 Å². The van der Waals surface area contributed by atoms with Crippen LogP contribution in [0.1, 0.15) is 7.43 Å². The zero-order valence-corrected chi connectivity index (χ0v) is 18.5. The molecular formula is C3H26Cr2Fe4O16-6. The van der Waals surface area contributed by atoms with Crippen molar-refractivity contribution in [2.75, 3.05) is 0 Å². The zero-order chi connectivity index (χ0) is 9.00. The Hall–Kier alpha value is 1.86. The van der Waals surface area contributed by atoms with Crippen molar-refractivity contribution in [3.05, 3.63) is 14.9 Å². The minimum atomic E-state index is -5.75. The summed E-state index contributed by atoms with van der Waals surface area (Å²) in [5.74, 6) is 0. The van der Waals surface area contributed by atoms with E-state index in [4.69, 9.17) is 31.8 Å². The van der Waals surface area contributed by atoms with Gasteiger partial charge in [-0.25, -0.2) is 0 Å². The fraction of sp³-hybridized carbons (Fsp3) is 0.333. The molecule has 0 saturated carbocycles. The molecule has 0 aliphatic rings. The second-order valence-corrected chi connectivity index (χ2v) is 3.37.